The molecule has 0 radical (unpaired) electrons. The quantitative estimate of drug-likeness (QED) is 0.867. The number of aryl methyl sites for hydroxylation is 1. The van der Waals surface area contributed by atoms with E-state index in [4.69, 9.17) is 9.15 Å². The molecule has 0 saturated carbocycles. The SMILES string of the molecule is COc1ccc(CNC(=O)CCc2ccco2)cc1. The van der Waals surface area contributed by atoms with Gasteiger partial charge in [-0.1, -0.05) is 12.1 Å². The van der Waals surface area contributed by atoms with Gasteiger partial charge in [-0.25, -0.2) is 0 Å². The van der Waals surface area contributed by atoms with E-state index in [9.17, 15) is 4.79 Å². The molecule has 0 unspecified atom stereocenters. The highest BCUT2D eigenvalue weighted by Gasteiger charge is 2.04. The number of hydrogen-bond donors (Lipinski definition) is 1. The number of benzene rings is 1. The molecule has 1 N–H and O–H groups in total. The smallest absolute Gasteiger partial charge is 0.220 e. The van der Waals surface area contributed by atoms with Crippen molar-refractivity contribution in [3.05, 3.63) is 54.0 Å². The van der Waals surface area contributed by atoms with Crippen molar-refractivity contribution >= 4 is 5.91 Å². The highest BCUT2D eigenvalue weighted by molar-refractivity contribution is 5.76. The van der Waals surface area contributed by atoms with Gasteiger partial charge in [0.15, 0.2) is 0 Å². The minimum atomic E-state index is 0.0206. The molecule has 0 aliphatic heterocycles. The van der Waals surface area contributed by atoms with Crippen LogP contribution in [0.25, 0.3) is 0 Å². The third-order valence-corrected chi connectivity index (χ3v) is 2.83. The zero-order valence-corrected chi connectivity index (χ0v) is 10.9. The molecule has 0 saturated heterocycles. The average Bonchev–Trinajstić information content (AvgIpc) is 2.96. The lowest BCUT2D eigenvalue weighted by atomic mass is 10.2. The van der Waals surface area contributed by atoms with Crippen molar-refractivity contribution in [2.75, 3.05) is 7.11 Å². The molecule has 0 aliphatic rings. The molecule has 1 amide bonds. The Balaban J connectivity index is 1.73. The van der Waals surface area contributed by atoms with Crippen molar-refractivity contribution in [3.63, 3.8) is 0 Å². The second-order valence-electron chi connectivity index (χ2n) is 4.20. The summed E-state index contributed by atoms with van der Waals surface area (Å²) >= 11 is 0. The van der Waals surface area contributed by atoms with Crippen molar-refractivity contribution < 1.29 is 13.9 Å². The predicted molar refractivity (Wildman–Crippen MR) is 71.9 cm³/mol. The summed E-state index contributed by atoms with van der Waals surface area (Å²) in [5.74, 6) is 1.67. The van der Waals surface area contributed by atoms with E-state index in [1.807, 2.05) is 36.4 Å². The Kier molecular flexibility index (Phi) is 4.61. The summed E-state index contributed by atoms with van der Waals surface area (Å²) in [7, 11) is 1.63. The van der Waals surface area contributed by atoms with Crippen molar-refractivity contribution in [1.82, 2.24) is 5.32 Å². The molecule has 1 heterocycles. The second kappa shape index (κ2) is 6.64. The fourth-order valence-corrected chi connectivity index (χ4v) is 1.72. The maximum absolute atomic E-state index is 11.7. The summed E-state index contributed by atoms with van der Waals surface area (Å²) in [5, 5.41) is 2.88. The first-order valence-corrected chi connectivity index (χ1v) is 6.20. The van der Waals surface area contributed by atoms with E-state index < -0.39 is 0 Å². The van der Waals surface area contributed by atoms with Gasteiger partial charge < -0.3 is 14.5 Å². The van der Waals surface area contributed by atoms with Gasteiger partial charge in [0.05, 0.1) is 13.4 Å². The summed E-state index contributed by atoms with van der Waals surface area (Å²) < 4.78 is 10.3. The number of carbonyl (C=O) groups is 1. The van der Waals surface area contributed by atoms with Crippen LogP contribution in [0, 0.1) is 0 Å². The number of rotatable bonds is 6. The van der Waals surface area contributed by atoms with Crippen LogP contribution >= 0.6 is 0 Å². The molecule has 4 heteroatoms. The monoisotopic (exact) mass is 259 g/mol. The number of nitrogens with one attached hydrogen (secondary N) is 1. The maximum Gasteiger partial charge on any atom is 0.220 e. The zero-order chi connectivity index (χ0) is 13.5. The van der Waals surface area contributed by atoms with Crippen LogP contribution in [0.2, 0.25) is 0 Å². The molecule has 19 heavy (non-hydrogen) atoms. The number of amides is 1. The van der Waals surface area contributed by atoms with E-state index in [0.29, 0.717) is 19.4 Å². The Morgan fingerprint density at radius 3 is 2.68 bits per heavy atom. The Bertz CT molecular complexity index is 503. The van der Waals surface area contributed by atoms with E-state index in [-0.39, 0.29) is 5.91 Å². The molecule has 1 aromatic heterocycles. The molecule has 0 fully saturated rings. The zero-order valence-electron chi connectivity index (χ0n) is 10.9. The van der Waals surface area contributed by atoms with Gasteiger partial charge in [-0.3, -0.25) is 4.79 Å². The predicted octanol–water partition coefficient (Wildman–Crippen LogP) is 2.54. The van der Waals surface area contributed by atoms with E-state index in [2.05, 4.69) is 5.32 Å². The molecule has 4 nitrogen and oxygen atoms in total. The highest BCUT2D eigenvalue weighted by atomic mass is 16.5. The van der Waals surface area contributed by atoms with Gasteiger partial charge in [-0.15, -0.1) is 0 Å². The van der Waals surface area contributed by atoms with Crippen LogP contribution < -0.4 is 10.1 Å². The Morgan fingerprint density at radius 1 is 1.26 bits per heavy atom. The highest BCUT2D eigenvalue weighted by Crippen LogP contribution is 2.11. The maximum atomic E-state index is 11.7. The van der Waals surface area contributed by atoms with Crippen LogP contribution in [0.4, 0.5) is 0 Å². The fourth-order valence-electron chi connectivity index (χ4n) is 1.72. The molecule has 0 aliphatic carbocycles. The van der Waals surface area contributed by atoms with Crippen LogP contribution in [0.15, 0.2) is 47.1 Å². The lowest BCUT2D eigenvalue weighted by Gasteiger charge is -2.05. The van der Waals surface area contributed by atoms with Gasteiger partial charge >= 0.3 is 0 Å². The number of ether oxygens (including phenoxy) is 1. The van der Waals surface area contributed by atoms with Gasteiger partial charge in [0.2, 0.25) is 5.91 Å². The minimum Gasteiger partial charge on any atom is -0.497 e. The number of methoxy groups -OCH3 is 1. The van der Waals surface area contributed by atoms with Crippen molar-refractivity contribution in [3.8, 4) is 5.75 Å². The van der Waals surface area contributed by atoms with Gasteiger partial charge in [-0.05, 0) is 29.8 Å². The lowest BCUT2D eigenvalue weighted by molar-refractivity contribution is -0.121. The van der Waals surface area contributed by atoms with Crippen molar-refractivity contribution in [1.29, 1.82) is 0 Å². The number of carbonyl (C=O) groups excluding carboxylic acids is 1. The van der Waals surface area contributed by atoms with Crippen LogP contribution in [-0.4, -0.2) is 13.0 Å². The molecular weight excluding hydrogens is 242 g/mol. The standard InChI is InChI=1S/C15H17NO3/c1-18-13-6-4-12(5-7-13)11-16-15(17)9-8-14-3-2-10-19-14/h2-7,10H,8-9,11H2,1H3,(H,16,17). The Hall–Kier alpha value is -2.23. The minimum absolute atomic E-state index is 0.0206. The molecule has 2 aromatic rings. The van der Waals surface area contributed by atoms with Gasteiger partial charge in [0.25, 0.3) is 0 Å². The van der Waals surface area contributed by atoms with Gasteiger partial charge in [0, 0.05) is 19.4 Å². The van der Waals surface area contributed by atoms with E-state index >= 15 is 0 Å². The first kappa shape index (κ1) is 13.2. The Labute approximate surface area is 112 Å². The van der Waals surface area contributed by atoms with Crippen LogP contribution in [0.5, 0.6) is 5.75 Å². The normalized spacial score (nSPS) is 10.2. The second-order valence-corrected chi connectivity index (χ2v) is 4.20. The summed E-state index contributed by atoms with van der Waals surface area (Å²) in [6, 6.07) is 11.3. The fraction of sp³-hybridized carbons (Fsp3) is 0.267. The molecule has 1 aromatic carbocycles. The van der Waals surface area contributed by atoms with Crippen molar-refractivity contribution in [2.45, 2.75) is 19.4 Å². The first-order valence-electron chi connectivity index (χ1n) is 6.20. The van der Waals surface area contributed by atoms with Gasteiger partial charge in [0.1, 0.15) is 11.5 Å². The molecule has 0 atom stereocenters. The van der Waals surface area contributed by atoms with Crippen LogP contribution in [-0.2, 0) is 17.8 Å². The van der Waals surface area contributed by atoms with Gasteiger partial charge in [-0.2, -0.15) is 0 Å². The van der Waals surface area contributed by atoms with E-state index in [0.717, 1.165) is 17.1 Å². The van der Waals surface area contributed by atoms with Crippen LogP contribution in [0.1, 0.15) is 17.7 Å². The third kappa shape index (κ3) is 4.17. The molecule has 100 valence electrons. The number of hydrogen-bond acceptors (Lipinski definition) is 3. The Morgan fingerprint density at radius 2 is 2.05 bits per heavy atom. The molecule has 0 bridgehead atoms. The first-order chi connectivity index (χ1) is 9.28. The summed E-state index contributed by atoms with van der Waals surface area (Å²) in [6.45, 7) is 0.529. The lowest BCUT2D eigenvalue weighted by Crippen LogP contribution is -2.22. The topological polar surface area (TPSA) is 51.5 Å². The molecule has 0 spiro atoms. The summed E-state index contributed by atoms with van der Waals surface area (Å²) in [6.07, 6.45) is 2.68. The van der Waals surface area contributed by atoms with Crippen molar-refractivity contribution in [2.24, 2.45) is 0 Å². The summed E-state index contributed by atoms with van der Waals surface area (Å²) in [4.78, 5) is 11.7. The summed E-state index contributed by atoms with van der Waals surface area (Å²) in [5.41, 5.74) is 1.05. The van der Waals surface area contributed by atoms with Crippen LogP contribution in [0.3, 0.4) is 0 Å². The molecule has 2 rings (SSSR count). The third-order valence-electron chi connectivity index (χ3n) is 2.83. The number of furan rings is 1. The van der Waals surface area contributed by atoms with E-state index in [1.165, 1.54) is 0 Å². The average molecular weight is 259 g/mol. The van der Waals surface area contributed by atoms with E-state index in [1.54, 1.807) is 13.4 Å². The largest absolute Gasteiger partial charge is 0.497 e. The molecular formula is C15H17NO3.